The minimum absolute atomic E-state index is 0. The molecule has 0 amide bonds. The Hall–Kier alpha value is -0.479. The second-order valence-corrected chi connectivity index (χ2v) is 6.25. The maximum Gasteiger partial charge on any atom is 4.00 e. The first-order valence-electron chi connectivity index (χ1n) is 7.09. The van der Waals surface area contributed by atoms with E-state index >= 15 is 0 Å². The molecule has 1 N–H and O–H groups in total. The van der Waals surface area contributed by atoms with Crippen LogP contribution in [0.3, 0.4) is 0 Å². The maximum atomic E-state index is 6.94. The number of anilines is 1. The number of benzene rings is 1. The van der Waals surface area contributed by atoms with Gasteiger partial charge in [0.15, 0.2) is 0 Å². The molecule has 4 heteroatoms. The van der Waals surface area contributed by atoms with Gasteiger partial charge in [-0.2, -0.15) is 0 Å². The van der Waals surface area contributed by atoms with Gasteiger partial charge < -0.3 is 25.5 Å². The van der Waals surface area contributed by atoms with E-state index in [2.05, 4.69) is 41.3 Å². The normalized spacial score (nSPS) is 12.8. The van der Waals surface area contributed by atoms with Crippen LogP contribution in [0.15, 0.2) is 36.4 Å². The van der Waals surface area contributed by atoms with Crippen molar-refractivity contribution >= 4 is 27.4 Å². The smallest absolute Gasteiger partial charge is 0.673 e. The van der Waals surface area contributed by atoms with Gasteiger partial charge in [-0.05, 0) is 12.8 Å². The number of hydrogen-bond donors (Lipinski definition) is 0. The van der Waals surface area contributed by atoms with Crippen molar-refractivity contribution < 1.29 is 21.7 Å². The molecule has 0 unspecified atom stereocenters. The molecule has 124 valence electrons. The van der Waals surface area contributed by atoms with Crippen LogP contribution in [0.5, 0.6) is 0 Å². The second kappa shape index (κ2) is 12.0. The Morgan fingerprint density at radius 3 is 2.04 bits per heavy atom. The van der Waals surface area contributed by atoms with Crippen molar-refractivity contribution in [3.05, 3.63) is 57.0 Å². The summed E-state index contributed by atoms with van der Waals surface area (Å²) in [7, 11) is 0. The Morgan fingerprint density at radius 1 is 1.04 bits per heavy atom. The molecule has 3 rings (SSSR count). The van der Waals surface area contributed by atoms with E-state index in [1.165, 1.54) is 42.4 Å². The largest absolute Gasteiger partial charge is 4.00 e. The SMILES string of the molecule is CC(C)(C)[NH-].[CH3-].[CH3-].[Si].[Ti+4].c1ccc2c(N3CCCC3)c[cH-]c2c1. The number of rotatable bonds is 1. The fourth-order valence-corrected chi connectivity index (χ4v) is 2.37. The Bertz CT molecular complexity index is 519. The molecule has 1 aliphatic heterocycles. The van der Waals surface area contributed by atoms with Crippen molar-refractivity contribution in [3.8, 4) is 0 Å². The third-order valence-corrected chi connectivity index (χ3v) is 3.10. The van der Waals surface area contributed by atoms with E-state index in [1.54, 1.807) is 0 Å². The topological polar surface area (TPSA) is 27.0 Å². The van der Waals surface area contributed by atoms with E-state index in [4.69, 9.17) is 5.73 Å². The van der Waals surface area contributed by atoms with Crippen LogP contribution in [0.25, 0.3) is 16.5 Å². The van der Waals surface area contributed by atoms with Crippen LogP contribution in [-0.4, -0.2) is 29.6 Å². The van der Waals surface area contributed by atoms with Gasteiger partial charge in [-0.1, -0.05) is 32.5 Å². The quantitative estimate of drug-likeness (QED) is 0.485. The van der Waals surface area contributed by atoms with E-state index < -0.39 is 0 Å². The minimum Gasteiger partial charge on any atom is -0.673 e. The summed E-state index contributed by atoms with van der Waals surface area (Å²) in [5, 5.41) is 2.78. The summed E-state index contributed by atoms with van der Waals surface area (Å²) < 4.78 is 0. The van der Waals surface area contributed by atoms with Crippen molar-refractivity contribution in [2.24, 2.45) is 0 Å². The van der Waals surface area contributed by atoms with Gasteiger partial charge in [0.05, 0.1) is 0 Å². The molecule has 2 nitrogen and oxygen atoms in total. The molecule has 1 aliphatic rings. The summed E-state index contributed by atoms with van der Waals surface area (Å²) in [4.78, 5) is 2.50. The van der Waals surface area contributed by atoms with E-state index in [0.29, 0.717) is 0 Å². The Morgan fingerprint density at radius 2 is 1.52 bits per heavy atom. The summed E-state index contributed by atoms with van der Waals surface area (Å²) in [5.41, 5.74) is 8.12. The molecule has 0 bridgehead atoms. The third-order valence-electron chi connectivity index (χ3n) is 3.10. The second-order valence-electron chi connectivity index (χ2n) is 6.25. The molecule has 1 fully saturated rings. The first-order valence-corrected chi connectivity index (χ1v) is 7.09. The summed E-state index contributed by atoms with van der Waals surface area (Å²) in [6.45, 7) is 8.02. The summed E-state index contributed by atoms with van der Waals surface area (Å²) in [6.07, 6.45) is 2.69. The predicted molar refractivity (Wildman–Crippen MR) is 104 cm³/mol. The van der Waals surface area contributed by atoms with Gasteiger partial charge in [0.1, 0.15) is 0 Å². The molecule has 4 radical (unpaired) electrons. The van der Waals surface area contributed by atoms with Crippen LogP contribution in [0, 0.1) is 14.9 Å². The van der Waals surface area contributed by atoms with Gasteiger partial charge in [-0.25, -0.2) is 0 Å². The van der Waals surface area contributed by atoms with E-state index in [0.717, 1.165) is 0 Å². The summed E-state index contributed by atoms with van der Waals surface area (Å²) in [5.74, 6) is 0. The molecule has 2 aromatic rings. The van der Waals surface area contributed by atoms with Crippen molar-refractivity contribution in [1.29, 1.82) is 0 Å². The molecule has 1 saturated heterocycles. The zero-order valence-corrected chi connectivity index (χ0v) is 17.8. The molecule has 23 heavy (non-hydrogen) atoms. The molecule has 0 aromatic heterocycles. The van der Waals surface area contributed by atoms with Gasteiger partial charge in [0.2, 0.25) is 0 Å². The van der Waals surface area contributed by atoms with Gasteiger partial charge in [-0.15, -0.1) is 46.6 Å². The van der Waals surface area contributed by atoms with Crippen LogP contribution < -0.4 is 4.90 Å². The summed E-state index contributed by atoms with van der Waals surface area (Å²) in [6, 6.07) is 13.1. The number of nitrogens with one attached hydrogen (secondary N) is 1. The zero-order valence-electron chi connectivity index (χ0n) is 15.2. The van der Waals surface area contributed by atoms with Crippen molar-refractivity contribution in [1.82, 2.24) is 0 Å². The first-order chi connectivity index (χ1) is 8.95. The average Bonchev–Trinajstić information content (AvgIpc) is 2.95. The maximum absolute atomic E-state index is 6.94. The molecule has 0 saturated carbocycles. The molecular weight excluding hydrogens is 332 g/mol. The number of hydrogen-bond acceptors (Lipinski definition) is 1. The molecule has 0 atom stereocenters. The Labute approximate surface area is 163 Å². The van der Waals surface area contributed by atoms with Crippen LogP contribution in [0.4, 0.5) is 5.69 Å². The Balaban J connectivity index is -0.000000400. The standard InChI is InChI=1S/C13H14N.C4H10N.2CH3.Si.Ti/c1-2-6-12-11(5-1)7-8-13(12)14-9-3-4-10-14;1-4(2,3)5;;;;/h1-2,5-8H,3-4,9-10H2;5H,1-3H3;2*1H3;;/q4*-1;;+4. The van der Waals surface area contributed by atoms with E-state index in [9.17, 15) is 0 Å². The molecular formula is C19H30N2SiTi. The molecule has 0 aliphatic carbocycles. The molecule has 0 spiro atoms. The van der Waals surface area contributed by atoms with Gasteiger partial charge in [0, 0.05) is 24.1 Å². The first kappa shape index (κ1) is 27.4. The summed E-state index contributed by atoms with van der Waals surface area (Å²) >= 11 is 0. The average molecular weight is 362 g/mol. The van der Waals surface area contributed by atoms with E-state index in [-0.39, 0.29) is 53.1 Å². The monoisotopic (exact) mass is 362 g/mol. The van der Waals surface area contributed by atoms with Crippen LogP contribution >= 0.6 is 0 Å². The van der Waals surface area contributed by atoms with Crippen molar-refractivity contribution in [2.45, 2.75) is 39.2 Å². The van der Waals surface area contributed by atoms with Gasteiger partial charge in [0.25, 0.3) is 0 Å². The fraction of sp³-hybridized carbons (Fsp3) is 0.421. The van der Waals surface area contributed by atoms with Crippen molar-refractivity contribution in [3.63, 3.8) is 0 Å². The van der Waals surface area contributed by atoms with Crippen LogP contribution in [-0.2, 0) is 21.7 Å². The third kappa shape index (κ3) is 8.80. The van der Waals surface area contributed by atoms with E-state index in [1.807, 2.05) is 20.8 Å². The predicted octanol–water partition coefficient (Wildman–Crippen LogP) is 5.51. The number of nitrogens with zero attached hydrogens (tertiary/aromatic N) is 1. The molecule has 1 heterocycles. The van der Waals surface area contributed by atoms with Gasteiger partial charge in [-0.3, -0.25) is 0 Å². The minimum atomic E-state index is -0.250. The van der Waals surface area contributed by atoms with Gasteiger partial charge >= 0.3 is 21.7 Å². The fourth-order valence-electron chi connectivity index (χ4n) is 2.37. The van der Waals surface area contributed by atoms with Crippen molar-refractivity contribution in [2.75, 3.05) is 18.0 Å². The van der Waals surface area contributed by atoms with Crippen LogP contribution in [0.2, 0.25) is 0 Å². The number of fused-ring (bicyclic) bond motifs is 1. The zero-order chi connectivity index (χ0) is 13.9. The van der Waals surface area contributed by atoms with Crippen LogP contribution in [0.1, 0.15) is 33.6 Å². The molecule has 2 aromatic carbocycles. The Kier molecular flexibility index (Phi) is 14.2.